The van der Waals surface area contributed by atoms with Crippen molar-refractivity contribution in [3.05, 3.63) is 53.1 Å². The minimum atomic E-state index is -1.20. The summed E-state index contributed by atoms with van der Waals surface area (Å²) in [5.74, 6) is 0.271. The van der Waals surface area contributed by atoms with Crippen LogP contribution in [0.3, 0.4) is 0 Å². The molecule has 12 heteroatoms. The second-order valence-electron chi connectivity index (χ2n) is 10.9. The Morgan fingerprint density at radius 1 is 1.09 bits per heavy atom. The quantitative estimate of drug-likeness (QED) is 0.374. The van der Waals surface area contributed by atoms with Gasteiger partial charge in [0, 0.05) is 41.8 Å². The summed E-state index contributed by atoms with van der Waals surface area (Å²) in [6.07, 6.45) is 0.285. The number of nitrogens with zero attached hydrogens (tertiary/aromatic N) is 1. The second-order valence-corrected chi connectivity index (χ2v) is 12.0. The first-order chi connectivity index (χ1) is 20.6. The number of benzene rings is 2. The van der Waals surface area contributed by atoms with Gasteiger partial charge in [0.15, 0.2) is 11.5 Å². The third kappa shape index (κ3) is 9.11. The van der Waals surface area contributed by atoms with Gasteiger partial charge in [0.1, 0.15) is 19.3 Å². The smallest absolute Gasteiger partial charge is 0.252 e. The lowest BCUT2D eigenvalue weighted by Gasteiger charge is -2.28. The maximum absolute atomic E-state index is 13.3. The maximum Gasteiger partial charge on any atom is 0.252 e. The van der Waals surface area contributed by atoms with E-state index in [0.29, 0.717) is 55.4 Å². The van der Waals surface area contributed by atoms with Gasteiger partial charge in [-0.15, -0.1) is 11.8 Å². The number of thioether (sulfide) groups is 1. The predicted molar refractivity (Wildman–Crippen MR) is 162 cm³/mol. The van der Waals surface area contributed by atoms with Gasteiger partial charge in [0.2, 0.25) is 17.7 Å². The average molecular weight is 613 g/mol. The number of fused-ring (bicyclic) bond motifs is 3. The van der Waals surface area contributed by atoms with E-state index in [1.807, 2.05) is 31.2 Å². The van der Waals surface area contributed by atoms with Crippen molar-refractivity contribution in [3.63, 3.8) is 0 Å². The summed E-state index contributed by atoms with van der Waals surface area (Å²) in [6, 6.07) is 9.18. The molecule has 0 aliphatic carbocycles. The molecule has 0 saturated heterocycles. The van der Waals surface area contributed by atoms with Crippen molar-refractivity contribution >= 4 is 35.4 Å². The average Bonchev–Trinajstić information content (AvgIpc) is 2.97. The zero-order chi connectivity index (χ0) is 30.9. The molecule has 0 aromatic heterocycles. The molecule has 11 nitrogen and oxygen atoms in total. The molecule has 0 spiro atoms. The Morgan fingerprint density at radius 3 is 2.63 bits per heavy atom. The number of ether oxygens (including phenoxy) is 2. The van der Waals surface area contributed by atoms with Crippen molar-refractivity contribution in [1.29, 1.82) is 0 Å². The monoisotopic (exact) mass is 612 g/mol. The Kier molecular flexibility index (Phi) is 11.3. The molecule has 0 radical (unpaired) electrons. The molecular formula is C31H40N4O7S. The molecular weight excluding hydrogens is 572 g/mol. The first-order valence-electron chi connectivity index (χ1n) is 14.6. The number of nitrogens with one attached hydrogen (secondary N) is 3. The maximum atomic E-state index is 13.3. The van der Waals surface area contributed by atoms with Crippen LogP contribution in [0.15, 0.2) is 41.3 Å². The van der Waals surface area contributed by atoms with E-state index >= 15 is 0 Å². The Hall–Kier alpha value is -3.77. The van der Waals surface area contributed by atoms with Gasteiger partial charge < -0.3 is 35.4 Å². The summed E-state index contributed by atoms with van der Waals surface area (Å²) in [4.78, 5) is 54.7. The standard InChI is InChI=1S/C31H40N4O7S/c1-19-6-7-23-15-22(19)5-4-11-32-27(37)18-35(17-20(2)33-31(40)29(21(3)36)34-30(23)39)28(38)10-14-43-24-8-9-25-26(16-24)42-13-12-41-25/h6-9,15-16,20-21,29,36H,4-5,10-14,17-18H2,1-3H3,(H,32,37)(H,33,40)(H,34,39)/t20-,21-,29+/m1/s1. The highest BCUT2D eigenvalue weighted by molar-refractivity contribution is 7.99. The number of rotatable bonds is 5. The molecule has 2 aromatic carbocycles. The largest absolute Gasteiger partial charge is 0.486 e. The van der Waals surface area contributed by atoms with Crippen molar-refractivity contribution in [1.82, 2.24) is 20.9 Å². The first kappa shape index (κ1) is 32.2. The summed E-state index contributed by atoms with van der Waals surface area (Å²) in [5.41, 5.74) is 2.34. The van der Waals surface area contributed by atoms with Gasteiger partial charge in [-0.05, 0) is 75.1 Å². The molecule has 2 bridgehead atoms. The lowest BCUT2D eigenvalue weighted by atomic mass is 10.00. The van der Waals surface area contributed by atoms with E-state index in [1.54, 1.807) is 19.1 Å². The van der Waals surface area contributed by atoms with Crippen molar-refractivity contribution < 1.29 is 33.8 Å². The van der Waals surface area contributed by atoms with Gasteiger partial charge in [-0.1, -0.05) is 6.07 Å². The highest BCUT2D eigenvalue weighted by Crippen LogP contribution is 2.34. The van der Waals surface area contributed by atoms with Crippen molar-refractivity contribution in [2.24, 2.45) is 0 Å². The van der Waals surface area contributed by atoms with Crippen LogP contribution in [0, 0.1) is 6.92 Å². The molecule has 2 aromatic rings. The number of amides is 4. The SMILES string of the molecule is Cc1ccc2cc1CCCNC(=O)CN(C(=O)CCSc1ccc3c(c1)OCCO3)C[C@@H](C)NC(=O)[C@H]([C@@H](C)O)NC2=O. The summed E-state index contributed by atoms with van der Waals surface area (Å²) in [6.45, 7) is 6.42. The van der Waals surface area contributed by atoms with E-state index in [4.69, 9.17) is 9.47 Å². The van der Waals surface area contributed by atoms with Crippen molar-refractivity contribution in [2.45, 2.75) is 63.1 Å². The van der Waals surface area contributed by atoms with Gasteiger partial charge in [-0.2, -0.15) is 0 Å². The van der Waals surface area contributed by atoms with Crippen LogP contribution in [0.25, 0.3) is 0 Å². The van der Waals surface area contributed by atoms with Crippen LogP contribution in [0.2, 0.25) is 0 Å². The van der Waals surface area contributed by atoms with Gasteiger partial charge in [0.05, 0.1) is 12.6 Å². The number of aliphatic hydroxyl groups excluding tert-OH is 1. The van der Waals surface area contributed by atoms with Crippen LogP contribution < -0.4 is 25.4 Å². The van der Waals surface area contributed by atoms with E-state index in [2.05, 4.69) is 16.0 Å². The van der Waals surface area contributed by atoms with E-state index < -0.39 is 30.0 Å². The Morgan fingerprint density at radius 2 is 1.86 bits per heavy atom. The lowest BCUT2D eigenvalue weighted by molar-refractivity contribution is -0.136. The van der Waals surface area contributed by atoms with Crippen LogP contribution in [0.5, 0.6) is 11.5 Å². The van der Waals surface area contributed by atoms with Gasteiger partial charge in [0.25, 0.3) is 5.91 Å². The third-order valence-corrected chi connectivity index (χ3v) is 8.27. The fourth-order valence-electron chi connectivity index (χ4n) is 4.94. The van der Waals surface area contributed by atoms with Gasteiger partial charge in [-0.3, -0.25) is 19.2 Å². The highest BCUT2D eigenvalue weighted by Gasteiger charge is 2.29. The molecule has 2 heterocycles. The van der Waals surface area contributed by atoms with E-state index in [-0.39, 0.29) is 31.3 Å². The molecule has 232 valence electrons. The molecule has 0 fully saturated rings. The molecule has 43 heavy (non-hydrogen) atoms. The summed E-state index contributed by atoms with van der Waals surface area (Å²) in [5, 5.41) is 18.6. The van der Waals surface area contributed by atoms with Crippen molar-refractivity contribution in [2.75, 3.05) is 38.6 Å². The second kappa shape index (κ2) is 15.1. The fraction of sp³-hybridized carbons (Fsp3) is 0.484. The Labute approximate surface area is 256 Å². The topological polar surface area (TPSA) is 146 Å². The third-order valence-electron chi connectivity index (χ3n) is 7.28. The summed E-state index contributed by atoms with van der Waals surface area (Å²) < 4.78 is 11.2. The molecule has 2 aliphatic rings. The number of aliphatic hydroxyl groups is 1. The Balaban J connectivity index is 1.44. The van der Waals surface area contributed by atoms with Crippen molar-refractivity contribution in [3.8, 4) is 11.5 Å². The molecule has 2 aliphatic heterocycles. The first-order valence-corrected chi connectivity index (χ1v) is 15.5. The van der Waals surface area contributed by atoms with Crippen LogP contribution in [-0.2, 0) is 20.8 Å². The van der Waals surface area contributed by atoms with Crippen LogP contribution >= 0.6 is 11.8 Å². The summed E-state index contributed by atoms with van der Waals surface area (Å²) >= 11 is 1.50. The van der Waals surface area contributed by atoms with Gasteiger partial charge in [-0.25, -0.2) is 0 Å². The zero-order valence-electron chi connectivity index (χ0n) is 24.8. The molecule has 4 amide bonds. The molecule has 4 N–H and O–H groups in total. The van der Waals surface area contributed by atoms with Gasteiger partial charge >= 0.3 is 0 Å². The fourth-order valence-corrected chi connectivity index (χ4v) is 5.81. The van der Waals surface area contributed by atoms with E-state index in [0.717, 1.165) is 16.0 Å². The predicted octanol–water partition coefficient (Wildman–Crippen LogP) is 1.82. The lowest BCUT2D eigenvalue weighted by Crippen LogP contribution is -2.56. The number of carbonyl (C=O) groups excluding carboxylic acids is 4. The Bertz CT molecular complexity index is 1340. The number of hydrogen-bond acceptors (Lipinski definition) is 8. The van der Waals surface area contributed by atoms with Crippen LogP contribution in [-0.4, -0.2) is 90.4 Å². The zero-order valence-corrected chi connectivity index (χ0v) is 25.6. The molecule has 0 saturated carbocycles. The van der Waals surface area contributed by atoms with E-state index in [9.17, 15) is 24.3 Å². The van der Waals surface area contributed by atoms with Crippen LogP contribution in [0.4, 0.5) is 0 Å². The number of carbonyl (C=O) groups is 4. The number of aryl methyl sites for hydroxylation is 2. The van der Waals surface area contributed by atoms with E-state index in [1.165, 1.54) is 23.6 Å². The molecule has 4 rings (SSSR count). The summed E-state index contributed by atoms with van der Waals surface area (Å²) in [7, 11) is 0. The molecule has 3 atom stereocenters. The minimum Gasteiger partial charge on any atom is -0.486 e. The molecule has 0 unspecified atom stereocenters. The minimum absolute atomic E-state index is 0.0765. The number of hydrogen-bond donors (Lipinski definition) is 4. The normalized spacial score (nSPS) is 20.7. The van der Waals surface area contributed by atoms with Crippen LogP contribution in [0.1, 0.15) is 48.2 Å². The highest BCUT2D eigenvalue weighted by atomic mass is 32.2.